The van der Waals surface area contributed by atoms with Crippen molar-refractivity contribution in [3.05, 3.63) is 53.2 Å². The second-order valence-corrected chi connectivity index (χ2v) is 7.47. The lowest BCUT2D eigenvalue weighted by Crippen LogP contribution is -2.15. The third kappa shape index (κ3) is 3.90. The predicted octanol–water partition coefficient (Wildman–Crippen LogP) is 3.36. The Balaban J connectivity index is 1.49. The van der Waals surface area contributed by atoms with Crippen molar-refractivity contribution in [2.75, 3.05) is 6.26 Å². The minimum Gasteiger partial charge on any atom is -0.452 e. The number of ether oxygens (including phenoxy) is 1. The van der Waals surface area contributed by atoms with Crippen LogP contribution < -0.4 is 0 Å². The second kappa shape index (κ2) is 8.23. The smallest absolute Gasteiger partial charge is 0.311 e. The van der Waals surface area contributed by atoms with Crippen LogP contribution in [0, 0.1) is 13.8 Å². The first-order chi connectivity index (χ1) is 14.5. The van der Waals surface area contributed by atoms with E-state index in [-0.39, 0.29) is 12.3 Å². The summed E-state index contributed by atoms with van der Waals surface area (Å²) in [5.74, 6) is 0.717. The van der Waals surface area contributed by atoms with Gasteiger partial charge in [0.05, 0.1) is 6.42 Å². The molecule has 0 saturated heterocycles. The summed E-state index contributed by atoms with van der Waals surface area (Å²) in [4.78, 5) is 21.4. The summed E-state index contributed by atoms with van der Waals surface area (Å²) in [6.07, 6.45) is 1.28. The molecule has 30 heavy (non-hydrogen) atoms. The van der Waals surface area contributed by atoms with Gasteiger partial charge in [0.2, 0.25) is 11.0 Å². The van der Waals surface area contributed by atoms with E-state index in [9.17, 15) is 4.79 Å². The molecule has 9 nitrogen and oxygen atoms in total. The monoisotopic (exact) mass is 424 g/mol. The zero-order chi connectivity index (χ0) is 21.3. The van der Waals surface area contributed by atoms with Crippen LogP contribution in [0.5, 0.6) is 0 Å². The molecule has 4 rings (SSSR count). The van der Waals surface area contributed by atoms with Crippen LogP contribution in [0.4, 0.5) is 0 Å². The molecule has 3 heterocycles. The molecule has 0 aliphatic heterocycles. The molecule has 0 unspecified atom stereocenters. The molecule has 0 fully saturated rings. The summed E-state index contributed by atoms with van der Waals surface area (Å²) in [5, 5.41) is 13.1. The average Bonchev–Trinajstić information content (AvgIpc) is 3.39. The maximum Gasteiger partial charge on any atom is 0.311 e. The van der Waals surface area contributed by atoms with Gasteiger partial charge in [-0.3, -0.25) is 4.79 Å². The summed E-state index contributed by atoms with van der Waals surface area (Å²) in [5.41, 5.74) is 3.08. The third-order valence-corrected chi connectivity index (χ3v) is 5.19. The molecule has 1 aromatic carbocycles. The molecular weight excluding hydrogens is 404 g/mol. The zero-order valence-corrected chi connectivity index (χ0v) is 17.8. The van der Waals surface area contributed by atoms with E-state index in [1.807, 2.05) is 50.4 Å². The highest BCUT2D eigenvalue weighted by atomic mass is 32.2. The number of aryl methyl sites for hydroxylation is 2. The van der Waals surface area contributed by atoms with Crippen molar-refractivity contribution in [2.24, 2.45) is 0 Å². The van der Waals surface area contributed by atoms with Crippen molar-refractivity contribution in [3.8, 4) is 11.5 Å². The average molecular weight is 424 g/mol. The van der Waals surface area contributed by atoms with Gasteiger partial charge in [0.15, 0.2) is 6.10 Å². The molecule has 0 radical (unpaired) electrons. The Bertz CT molecular complexity index is 1200. The summed E-state index contributed by atoms with van der Waals surface area (Å²) < 4.78 is 12.8. The fourth-order valence-electron chi connectivity index (χ4n) is 3.06. The number of hydrogen-bond acceptors (Lipinski definition) is 9. The summed E-state index contributed by atoms with van der Waals surface area (Å²) >= 11 is 1.44. The van der Waals surface area contributed by atoms with Gasteiger partial charge in [-0.2, -0.15) is 4.98 Å². The minimum absolute atomic E-state index is 0.0547. The number of esters is 1. The second-order valence-electron chi connectivity index (χ2n) is 6.69. The van der Waals surface area contributed by atoms with Crippen molar-refractivity contribution >= 4 is 23.5 Å². The molecular formula is C20H20N6O3S. The molecule has 0 amide bonds. The standard InChI is InChI=1S/C20H20N6O3S/c1-11-15(12(2)26-19(21-11)22-20(25-26)30-4)10-16(27)28-13(3)17-23-24-18(29-17)14-8-6-5-7-9-14/h5-9,13H,10H2,1-4H3/t13-/m1/s1. The van der Waals surface area contributed by atoms with Crippen LogP contribution in [-0.2, 0) is 16.0 Å². The number of benzene rings is 1. The number of thioether (sulfide) groups is 1. The first kappa shape index (κ1) is 20.0. The summed E-state index contributed by atoms with van der Waals surface area (Å²) in [6, 6.07) is 9.41. The van der Waals surface area contributed by atoms with Crippen LogP contribution in [-0.4, -0.2) is 42.0 Å². The molecule has 0 N–H and O–H groups in total. The lowest BCUT2D eigenvalue weighted by atomic mass is 10.1. The van der Waals surface area contributed by atoms with Crippen molar-refractivity contribution in [1.82, 2.24) is 29.8 Å². The van der Waals surface area contributed by atoms with E-state index in [1.54, 1.807) is 11.4 Å². The van der Waals surface area contributed by atoms with Gasteiger partial charge in [0, 0.05) is 22.5 Å². The van der Waals surface area contributed by atoms with Crippen molar-refractivity contribution in [1.29, 1.82) is 0 Å². The molecule has 0 bridgehead atoms. The van der Waals surface area contributed by atoms with Gasteiger partial charge >= 0.3 is 5.97 Å². The molecule has 10 heteroatoms. The van der Waals surface area contributed by atoms with Gasteiger partial charge in [-0.05, 0) is 39.2 Å². The normalized spacial score (nSPS) is 12.3. The number of rotatable bonds is 6. The highest BCUT2D eigenvalue weighted by Gasteiger charge is 2.21. The van der Waals surface area contributed by atoms with Crippen molar-refractivity contribution < 1.29 is 13.9 Å². The van der Waals surface area contributed by atoms with E-state index in [4.69, 9.17) is 9.15 Å². The molecule has 0 aliphatic carbocycles. The third-order valence-electron chi connectivity index (χ3n) is 4.65. The van der Waals surface area contributed by atoms with Crippen LogP contribution in [0.25, 0.3) is 17.2 Å². The highest BCUT2D eigenvalue weighted by molar-refractivity contribution is 7.98. The van der Waals surface area contributed by atoms with Crippen LogP contribution in [0.3, 0.4) is 0 Å². The largest absolute Gasteiger partial charge is 0.452 e. The van der Waals surface area contributed by atoms with Gasteiger partial charge < -0.3 is 9.15 Å². The Labute approximate surface area is 176 Å². The van der Waals surface area contributed by atoms with Crippen LogP contribution >= 0.6 is 11.8 Å². The fraction of sp³-hybridized carbons (Fsp3) is 0.300. The Kier molecular flexibility index (Phi) is 5.49. The molecule has 0 saturated carbocycles. The number of fused-ring (bicyclic) bond motifs is 1. The van der Waals surface area contributed by atoms with Gasteiger partial charge in [-0.25, -0.2) is 9.50 Å². The van der Waals surface area contributed by atoms with Crippen molar-refractivity contribution in [3.63, 3.8) is 0 Å². The molecule has 0 spiro atoms. The van der Waals surface area contributed by atoms with E-state index in [0.717, 1.165) is 16.8 Å². The summed E-state index contributed by atoms with van der Waals surface area (Å²) in [6.45, 7) is 5.43. The van der Waals surface area contributed by atoms with E-state index in [2.05, 4.69) is 25.3 Å². The van der Waals surface area contributed by atoms with E-state index in [1.165, 1.54) is 11.8 Å². The Morgan fingerprint density at radius 3 is 2.70 bits per heavy atom. The SMILES string of the molecule is CSc1nc2nc(C)c(CC(=O)O[C@H](C)c3nnc(-c4ccccc4)o3)c(C)n2n1. The van der Waals surface area contributed by atoms with Gasteiger partial charge in [0.1, 0.15) is 0 Å². The van der Waals surface area contributed by atoms with Crippen LogP contribution in [0.15, 0.2) is 39.9 Å². The van der Waals surface area contributed by atoms with E-state index >= 15 is 0 Å². The number of carbonyl (C=O) groups is 1. The van der Waals surface area contributed by atoms with Gasteiger partial charge in [0.25, 0.3) is 11.7 Å². The quantitative estimate of drug-likeness (QED) is 0.340. The van der Waals surface area contributed by atoms with Crippen molar-refractivity contribution in [2.45, 2.75) is 38.5 Å². The summed E-state index contributed by atoms with van der Waals surface area (Å²) in [7, 11) is 0. The lowest BCUT2D eigenvalue weighted by molar-refractivity contribution is -0.148. The zero-order valence-electron chi connectivity index (χ0n) is 17.0. The molecule has 3 aromatic heterocycles. The van der Waals surface area contributed by atoms with E-state index in [0.29, 0.717) is 22.5 Å². The molecule has 4 aromatic rings. The molecule has 1 atom stereocenters. The van der Waals surface area contributed by atoms with E-state index < -0.39 is 12.1 Å². The molecule has 154 valence electrons. The van der Waals surface area contributed by atoms with Crippen LogP contribution in [0.2, 0.25) is 0 Å². The topological polar surface area (TPSA) is 108 Å². The molecule has 0 aliphatic rings. The van der Waals surface area contributed by atoms with Crippen LogP contribution in [0.1, 0.15) is 35.9 Å². The predicted molar refractivity (Wildman–Crippen MR) is 110 cm³/mol. The number of carbonyl (C=O) groups excluding carboxylic acids is 1. The Hall–Kier alpha value is -3.27. The minimum atomic E-state index is -0.672. The highest BCUT2D eigenvalue weighted by Crippen LogP contribution is 2.23. The number of hydrogen-bond donors (Lipinski definition) is 0. The lowest BCUT2D eigenvalue weighted by Gasteiger charge is -2.12. The number of nitrogens with zero attached hydrogens (tertiary/aromatic N) is 6. The fourth-order valence-corrected chi connectivity index (χ4v) is 3.40. The maximum atomic E-state index is 12.6. The first-order valence-electron chi connectivity index (χ1n) is 9.31. The number of aromatic nitrogens is 6. The van der Waals surface area contributed by atoms with Gasteiger partial charge in [-0.15, -0.1) is 15.3 Å². The Morgan fingerprint density at radius 2 is 1.97 bits per heavy atom. The Morgan fingerprint density at radius 1 is 1.20 bits per heavy atom. The first-order valence-corrected chi connectivity index (χ1v) is 10.5. The van der Waals surface area contributed by atoms with Gasteiger partial charge in [-0.1, -0.05) is 30.0 Å². The maximum absolute atomic E-state index is 12.6.